The lowest BCUT2D eigenvalue weighted by Gasteiger charge is -1.78. The largest absolute Gasteiger partial charge is 0.422 e. The summed E-state index contributed by atoms with van der Waals surface area (Å²) in [5.41, 5.74) is 6.65. The van der Waals surface area contributed by atoms with E-state index in [1.54, 1.807) is 18.5 Å². The van der Waals surface area contributed by atoms with Crippen LogP contribution in [0.5, 0.6) is 0 Å². The number of aromatic nitrogens is 2. The van der Waals surface area contributed by atoms with Crippen molar-refractivity contribution < 1.29 is 4.42 Å². The molecule has 2 aromatic heterocycles. The molecule has 0 atom stereocenters. The number of rotatable bonds is 0. The molecular weight excluding hydrogens is 130 g/mol. The Kier molecular flexibility index (Phi) is 0.887. The van der Waals surface area contributed by atoms with Crippen LogP contribution in [0.15, 0.2) is 22.9 Å². The van der Waals surface area contributed by atoms with Crippen molar-refractivity contribution in [3.05, 3.63) is 18.5 Å². The molecule has 0 aliphatic carbocycles. The summed E-state index contributed by atoms with van der Waals surface area (Å²) < 4.78 is 4.97. The molecule has 50 valence electrons. The zero-order valence-corrected chi connectivity index (χ0v) is 5.11. The maximum absolute atomic E-state index is 5.28. The highest BCUT2D eigenvalue weighted by Crippen LogP contribution is 2.13. The van der Waals surface area contributed by atoms with Crippen molar-refractivity contribution in [3.8, 4) is 0 Å². The van der Waals surface area contributed by atoms with Gasteiger partial charge in [0.2, 0.25) is 0 Å². The number of nitrogen functional groups attached to an aromatic ring is 1. The van der Waals surface area contributed by atoms with Crippen LogP contribution < -0.4 is 5.73 Å². The second-order valence-corrected chi connectivity index (χ2v) is 1.90. The Morgan fingerprint density at radius 3 is 3.20 bits per heavy atom. The highest BCUT2D eigenvalue weighted by molar-refractivity contribution is 5.72. The van der Waals surface area contributed by atoms with Crippen LogP contribution in [-0.2, 0) is 0 Å². The Balaban J connectivity index is 2.88. The number of nitrogens with zero attached hydrogens (tertiary/aromatic N) is 2. The summed E-state index contributed by atoms with van der Waals surface area (Å²) in [4.78, 5) is 7.72. The van der Waals surface area contributed by atoms with Gasteiger partial charge in [-0.1, -0.05) is 0 Å². The molecule has 0 saturated heterocycles. The molecule has 0 amide bonds. The van der Waals surface area contributed by atoms with Gasteiger partial charge in [0.15, 0.2) is 5.58 Å². The predicted octanol–water partition coefficient (Wildman–Crippen LogP) is 0.805. The third kappa shape index (κ3) is 0.621. The zero-order chi connectivity index (χ0) is 6.97. The summed E-state index contributed by atoms with van der Waals surface area (Å²) in [6, 6.07) is 1.93. The topological polar surface area (TPSA) is 64.9 Å². The fourth-order valence-electron chi connectivity index (χ4n) is 0.798. The quantitative estimate of drug-likeness (QED) is 0.580. The lowest BCUT2D eigenvalue weighted by molar-refractivity contribution is 0.625. The highest BCUT2D eigenvalue weighted by atomic mass is 16.4. The standard InChI is InChI=1S/C6H5N3O/c7-6-9-4-1-2-8-3-5(4)10-6/h1-3H,(H2,7,9). The normalized spacial score (nSPS) is 10.4. The Hall–Kier alpha value is -1.58. The Morgan fingerprint density at radius 1 is 1.50 bits per heavy atom. The maximum Gasteiger partial charge on any atom is 0.293 e. The molecule has 2 rings (SSSR count). The summed E-state index contributed by atoms with van der Waals surface area (Å²) in [5, 5.41) is 0. The van der Waals surface area contributed by atoms with Gasteiger partial charge in [-0.15, -0.1) is 0 Å². The minimum absolute atomic E-state index is 0.183. The second kappa shape index (κ2) is 1.70. The molecule has 2 N–H and O–H groups in total. The van der Waals surface area contributed by atoms with E-state index in [4.69, 9.17) is 10.2 Å². The van der Waals surface area contributed by atoms with Gasteiger partial charge in [0.1, 0.15) is 5.52 Å². The molecular formula is C6H5N3O. The van der Waals surface area contributed by atoms with Crippen molar-refractivity contribution in [2.24, 2.45) is 0 Å². The average molecular weight is 135 g/mol. The van der Waals surface area contributed by atoms with Crippen LogP contribution in [-0.4, -0.2) is 9.97 Å². The SMILES string of the molecule is Nc1nc2ccncc2o1. The molecule has 2 heterocycles. The molecule has 10 heavy (non-hydrogen) atoms. The van der Waals surface area contributed by atoms with Crippen molar-refractivity contribution >= 4 is 17.1 Å². The second-order valence-electron chi connectivity index (χ2n) is 1.90. The summed E-state index contributed by atoms with van der Waals surface area (Å²) >= 11 is 0. The average Bonchev–Trinajstić information content (AvgIpc) is 2.27. The van der Waals surface area contributed by atoms with Gasteiger partial charge < -0.3 is 10.2 Å². The van der Waals surface area contributed by atoms with Gasteiger partial charge in [-0.2, -0.15) is 4.98 Å². The molecule has 0 aliphatic heterocycles. The van der Waals surface area contributed by atoms with Crippen molar-refractivity contribution in [3.63, 3.8) is 0 Å². The van der Waals surface area contributed by atoms with Gasteiger partial charge >= 0.3 is 0 Å². The number of hydrogen-bond acceptors (Lipinski definition) is 4. The molecule has 0 saturated carbocycles. The first-order chi connectivity index (χ1) is 4.86. The van der Waals surface area contributed by atoms with E-state index in [-0.39, 0.29) is 6.01 Å². The van der Waals surface area contributed by atoms with Gasteiger partial charge in [-0.05, 0) is 6.07 Å². The van der Waals surface area contributed by atoms with Crippen LogP contribution in [0.25, 0.3) is 11.1 Å². The predicted molar refractivity (Wildman–Crippen MR) is 36.2 cm³/mol. The van der Waals surface area contributed by atoms with Crippen LogP contribution in [0.3, 0.4) is 0 Å². The first-order valence-electron chi connectivity index (χ1n) is 2.82. The maximum atomic E-state index is 5.28. The number of oxazole rings is 1. The molecule has 0 aliphatic rings. The Bertz CT molecular complexity index is 322. The number of fused-ring (bicyclic) bond motifs is 1. The zero-order valence-electron chi connectivity index (χ0n) is 5.11. The fraction of sp³-hybridized carbons (Fsp3) is 0. The highest BCUT2D eigenvalue weighted by Gasteiger charge is 1.98. The lowest BCUT2D eigenvalue weighted by atomic mass is 10.4. The van der Waals surface area contributed by atoms with Crippen LogP contribution in [0.1, 0.15) is 0 Å². The number of anilines is 1. The van der Waals surface area contributed by atoms with Gasteiger partial charge in [-0.25, -0.2) is 0 Å². The van der Waals surface area contributed by atoms with Crippen LogP contribution in [0, 0.1) is 0 Å². The molecule has 2 aromatic rings. The minimum Gasteiger partial charge on any atom is -0.422 e. The molecule has 0 aromatic carbocycles. The fourth-order valence-corrected chi connectivity index (χ4v) is 0.798. The van der Waals surface area contributed by atoms with E-state index in [1.807, 2.05) is 0 Å². The Morgan fingerprint density at radius 2 is 2.40 bits per heavy atom. The first kappa shape index (κ1) is 5.22. The smallest absolute Gasteiger partial charge is 0.293 e. The van der Waals surface area contributed by atoms with Gasteiger partial charge in [0.05, 0.1) is 6.20 Å². The van der Waals surface area contributed by atoms with Crippen molar-refractivity contribution in [1.29, 1.82) is 0 Å². The van der Waals surface area contributed by atoms with E-state index in [9.17, 15) is 0 Å². The molecule has 0 fully saturated rings. The monoisotopic (exact) mass is 135 g/mol. The summed E-state index contributed by atoms with van der Waals surface area (Å²) in [6.45, 7) is 0. The summed E-state index contributed by atoms with van der Waals surface area (Å²) in [7, 11) is 0. The molecule has 0 radical (unpaired) electrons. The number of hydrogen-bond donors (Lipinski definition) is 1. The van der Waals surface area contributed by atoms with E-state index in [0.29, 0.717) is 5.58 Å². The van der Waals surface area contributed by atoms with E-state index >= 15 is 0 Å². The van der Waals surface area contributed by atoms with Gasteiger partial charge in [-0.3, -0.25) is 4.98 Å². The third-order valence-corrected chi connectivity index (χ3v) is 1.21. The van der Waals surface area contributed by atoms with E-state index in [1.165, 1.54) is 0 Å². The molecule has 4 heteroatoms. The molecule has 0 spiro atoms. The van der Waals surface area contributed by atoms with Gasteiger partial charge in [0, 0.05) is 6.20 Å². The number of pyridine rings is 1. The van der Waals surface area contributed by atoms with Crippen LogP contribution in [0.4, 0.5) is 6.01 Å². The van der Waals surface area contributed by atoms with Gasteiger partial charge in [0.25, 0.3) is 6.01 Å². The number of nitrogens with two attached hydrogens (primary N) is 1. The van der Waals surface area contributed by atoms with Crippen molar-refractivity contribution in [2.45, 2.75) is 0 Å². The first-order valence-corrected chi connectivity index (χ1v) is 2.82. The molecule has 0 bridgehead atoms. The van der Waals surface area contributed by atoms with E-state index < -0.39 is 0 Å². The van der Waals surface area contributed by atoms with Crippen molar-refractivity contribution in [2.75, 3.05) is 5.73 Å². The molecule has 4 nitrogen and oxygen atoms in total. The Labute approximate surface area is 56.7 Å². The molecule has 0 unspecified atom stereocenters. The van der Waals surface area contributed by atoms with Crippen LogP contribution >= 0.6 is 0 Å². The third-order valence-electron chi connectivity index (χ3n) is 1.21. The lowest BCUT2D eigenvalue weighted by Crippen LogP contribution is -1.80. The van der Waals surface area contributed by atoms with Crippen LogP contribution in [0.2, 0.25) is 0 Å². The summed E-state index contributed by atoms with van der Waals surface area (Å²) in [6.07, 6.45) is 3.23. The summed E-state index contributed by atoms with van der Waals surface area (Å²) in [5.74, 6) is 0. The van der Waals surface area contributed by atoms with E-state index in [0.717, 1.165) is 5.52 Å². The van der Waals surface area contributed by atoms with Crippen molar-refractivity contribution in [1.82, 2.24) is 9.97 Å². The van der Waals surface area contributed by atoms with E-state index in [2.05, 4.69) is 9.97 Å². The minimum atomic E-state index is 0.183.